The molecule has 1 aromatic rings. The van der Waals surface area contributed by atoms with Crippen LogP contribution in [0.2, 0.25) is 0 Å². The molecule has 2 atom stereocenters. The summed E-state index contributed by atoms with van der Waals surface area (Å²) in [6.07, 6.45) is 0.645. The van der Waals surface area contributed by atoms with Gasteiger partial charge in [0.15, 0.2) is 11.5 Å². The Hall–Kier alpha value is -1.93. The van der Waals surface area contributed by atoms with E-state index in [2.05, 4.69) is 10.6 Å². The SMILES string of the molecule is CNC(C)Cc1cc(O)c(O)c(SC[C@H](NC(C)=O)C(=O)O)c1. The molecule has 1 unspecified atom stereocenters. The molecule has 0 saturated heterocycles. The molecule has 8 heteroatoms. The smallest absolute Gasteiger partial charge is 0.327 e. The maximum absolute atomic E-state index is 11.1. The first-order chi connectivity index (χ1) is 10.7. The molecule has 128 valence electrons. The van der Waals surface area contributed by atoms with Crippen molar-refractivity contribution < 1.29 is 24.9 Å². The van der Waals surface area contributed by atoms with Crippen molar-refractivity contribution in [2.24, 2.45) is 0 Å². The van der Waals surface area contributed by atoms with Gasteiger partial charge in [-0.05, 0) is 38.1 Å². The fourth-order valence-corrected chi connectivity index (χ4v) is 2.97. The number of carbonyl (C=O) groups excluding carboxylic acids is 1. The van der Waals surface area contributed by atoms with Gasteiger partial charge in [0.2, 0.25) is 5.91 Å². The highest BCUT2D eigenvalue weighted by molar-refractivity contribution is 7.99. The van der Waals surface area contributed by atoms with E-state index in [0.717, 1.165) is 17.3 Å². The van der Waals surface area contributed by atoms with Crippen LogP contribution < -0.4 is 10.6 Å². The molecule has 0 fully saturated rings. The lowest BCUT2D eigenvalue weighted by molar-refractivity contribution is -0.140. The minimum Gasteiger partial charge on any atom is -0.504 e. The van der Waals surface area contributed by atoms with Crippen LogP contribution in [0.3, 0.4) is 0 Å². The molecule has 1 amide bonds. The number of carboxylic acids is 1. The fraction of sp³-hybridized carbons (Fsp3) is 0.467. The second kappa shape index (κ2) is 8.64. The van der Waals surface area contributed by atoms with E-state index < -0.39 is 17.9 Å². The van der Waals surface area contributed by atoms with Gasteiger partial charge in [-0.2, -0.15) is 0 Å². The van der Waals surface area contributed by atoms with Crippen molar-refractivity contribution in [3.05, 3.63) is 17.7 Å². The van der Waals surface area contributed by atoms with Gasteiger partial charge in [-0.25, -0.2) is 4.79 Å². The van der Waals surface area contributed by atoms with Crippen molar-refractivity contribution in [3.63, 3.8) is 0 Å². The molecule has 0 radical (unpaired) electrons. The van der Waals surface area contributed by atoms with E-state index in [1.54, 1.807) is 6.07 Å². The summed E-state index contributed by atoms with van der Waals surface area (Å²) < 4.78 is 0. The molecule has 1 aromatic carbocycles. The third-order valence-electron chi connectivity index (χ3n) is 3.23. The minimum absolute atomic E-state index is 0.0347. The van der Waals surface area contributed by atoms with Gasteiger partial charge in [0, 0.05) is 18.7 Å². The summed E-state index contributed by atoms with van der Waals surface area (Å²) in [6.45, 7) is 3.22. The van der Waals surface area contributed by atoms with Crippen LogP contribution in [-0.2, 0) is 16.0 Å². The second-order valence-corrected chi connectivity index (χ2v) is 6.32. The predicted octanol–water partition coefficient (Wildman–Crippen LogP) is 0.930. The molecule has 0 heterocycles. The van der Waals surface area contributed by atoms with E-state index in [9.17, 15) is 19.8 Å². The van der Waals surface area contributed by atoms with Crippen molar-refractivity contribution in [2.75, 3.05) is 12.8 Å². The third-order valence-corrected chi connectivity index (χ3v) is 4.35. The molecule has 0 aliphatic heterocycles. The largest absolute Gasteiger partial charge is 0.504 e. The van der Waals surface area contributed by atoms with E-state index in [4.69, 9.17) is 5.11 Å². The second-order valence-electron chi connectivity index (χ2n) is 5.26. The number of aromatic hydroxyl groups is 2. The number of phenolic OH excluding ortho intramolecular Hbond substituents is 2. The van der Waals surface area contributed by atoms with Gasteiger partial charge in [0.25, 0.3) is 0 Å². The lowest BCUT2D eigenvalue weighted by Crippen LogP contribution is -2.41. The zero-order chi connectivity index (χ0) is 17.6. The zero-order valence-corrected chi connectivity index (χ0v) is 14.1. The van der Waals surface area contributed by atoms with Gasteiger partial charge >= 0.3 is 5.97 Å². The summed E-state index contributed by atoms with van der Waals surface area (Å²) in [7, 11) is 1.82. The standard InChI is InChI=1S/C15H22N2O5S/c1-8(16-3)4-10-5-12(19)14(20)13(6-10)23-7-11(15(21)22)17-9(2)18/h5-6,8,11,16,19-20H,4,7H2,1-3H3,(H,17,18)(H,21,22)/t8?,11-/m0/s1. The first kappa shape index (κ1) is 19.1. The predicted molar refractivity (Wildman–Crippen MR) is 88.0 cm³/mol. The fourth-order valence-electron chi connectivity index (χ4n) is 1.93. The lowest BCUT2D eigenvalue weighted by Gasteiger charge is -2.15. The normalized spacial score (nSPS) is 13.3. The topological polar surface area (TPSA) is 119 Å². The van der Waals surface area contributed by atoms with Crippen LogP contribution in [0.4, 0.5) is 0 Å². The summed E-state index contributed by atoms with van der Waals surface area (Å²) in [5.74, 6) is -2.10. The number of rotatable bonds is 8. The van der Waals surface area contributed by atoms with Gasteiger partial charge in [0.1, 0.15) is 6.04 Å². The molecule has 5 N–H and O–H groups in total. The minimum atomic E-state index is -1.16. The number of thioether (sulfide) groups is 1. The van der Waals surface area contributed by atoms with E-state index in [1.165, 1.54) is 13.0 Å². The zero-order valence-electron chi connectivity index (χ0n) is 13.3. The summed E-state index contributed by atoms with van der Waals surface area (Å²) in [4.78, 5) is 22.5. The maximum Gasteiger partial charge on any atom is 0.327 e. The summed E-state index contributed by atoms with van der Waals surface area (Å²) >= 11 is 1.06. The highest BCUT2D eigenvalue weighted by Crippen LogP contribution is 2.37. The summed E-state index contributed by atoms with van der Waals surface area (Å²) in [5.41, 5.74) is 0.816. The van der Waals surface area contributed by atoms with Gasteiger partial charge in [0.05, 0.1) is 4.90 Å². The van der Waals surface area contributed by atoms with Crippen LogP contribution in [-0.4, -0.2) is 52.1 Å². The van der Waals surface area contributed by atoms with Gasteiger partial charge in [-0.15, -0.1) is 11.8 Å². The Balaban J connectivity index is 2.89. The first-order valence-electron chi connectivity index (χ1n) is 7.09. The van der Waals surface area contributed by atoms with Crippen molar-refractivity contribution in [3.8, 4) is 11.5 Å². The number of carboxylic acid groups (broad SMARTS) is 1. The first-order valence-corrected chi connectivity index (χ1v) is 8.08. The van der Waals surface area contributed by atoms with Crippen molar-refractivity contribution in [1.29, 1.82) is 0 Å². The van der Waals surface area contributed by atoms with Crippen LogP contribution in [0.15, 0.2) is 17.0 Å². The van der Waals surface area contributed by atoms with Crippen molar-refractivity contribution >= 4 is 23.6 Å². The number of phenols is 2. The molecular weight excluding hydrogens is 320 g/mol. The van der Waals surface area contributed by atoms with Crippen LogP contribution in [0.25, 0.3) is 0 Å². The quantitative estimate of drug-likeness (QED) is 0.352. The van der Waals surface area contributed by atoms with Gasteiger partial charge in [-0.3, -0.25) is 4.79 Å². The number of amides is 1. The molecule has 0 bridgehead atoms. The Kier molecular flexibility index (Phi) is 7.18. The number of likely N-dealkylation sites (N-methyl/N-ethyl adjacent to an activating group) is 1. The molecule has 7 nitrogen and oxygen atoms in total. The Morgan fingerprint density at radius 2 is 1.96 bits per heavy atom. The molecule has 0 spiro atoms. The number of hydrogen-bond acceptors (Lipinski definition) is 6. The Morgan fingerprint density at radius 1 is 1.30 bits per heavy atom. The van der Waals surface area contributed by atoms with Crippen LogP contribution >= 0.6 is 11.8 Å². The lowest BCUT2D eigenvalue weighted by atomic mass is 10.1. The van der Waals surface area contributed by atoms with Crippen LogP contribution in [0.1, 0.15) is 19.4 Å². The summed E-state index contributed by atoms with van der Waals surface area (Å²) in [6, 6.07) is 2.30. The molecule has 0 aliphatic carbocycles. The van der Waals surface area contributed by atoms with Crippen molar-refractivity contribution in [1.82, 2.24) is 10.6 Å². The molecular formula is C15H22N2O5S. The van der Waals surface area contributed by atoms with E-state index in [1.807, 2.05) is 14.0 Å². The highest BCUT2D eigenvalue weighted by Gasteiger charge is 2.20. The number of nitrogens with one attached hydrogen (secondary N) is 2. The Bertz CT molecular complexity index is 579. The average molecular weight is 342 g/mol. The monoisotopic (exact) mass is 342 g/mol. The average Bonchev–Trinajstić information content (AvgIpc) is 2.47. The van der Waals surface area contributed by atoms with E-state index in [0.29, 0.717) is 11.3 Å². The van der Waals surface area contributed by atoms with Crippen molar-refractivity contribution in [2.45, 2.75) is 37.2 Å². The number of aliphatic carboxylic acids is 1. The van der Waals surface area contributed by atoms with Gasteiger partial charge < -0.3 is 26.0 Å². The Labute approximate surface area is 139 Å². The molecule has 1 rings (SSSR count). The van der Waals surface area contributed by atoms with Crippen LogP contribution in [0, 0.1) is 0 Å². The molecule has 0 aromatic heterocycles. The molecule has 0 aliphatic rings. The Morgan fingerprint density at radius 3 is 2.48 bits per heavy atom. The maximum atomic E-state index is 11.1. The van der Waals surface area contributed by atoms with Gasteiger partial charge in [-0.1, -0.05) is 0 Å². The summed E-state index contributed by atoms with van der Waals surface area (Å²) in [5, 5.41) is 34.2. The molecule has 23 heavy (non-hydrogen) atoms. The number of benzene rings is 1. The highest BCUT2D eigenvalue weighted by atomic mass is 32.2. The van der Waals surface area contributed by atoms with Crippen LogP contribution in [0.5, 0.6) is 11.5 Å². The van der Waals surface area contributed by atoms with E-state index >= 15 is 0 Å². The van der Waals surface area contributed by atoms with E-state index in [-0.39, 0.29) is 23.3 Å². The number of hydrogen-bond donors (Lipinski definition) is 5. The number of carbonyl (C=O) groups is 2. The molecule has 0 saturated carbocycles. The third kappa shape index (κ3) is 5.99.